The molecule has 34 heavy (non-hydrogen) atoms. The Bertz CT molecular complexity index is 1260. The van der Waals surface area contributed by atoms with Crippen LogP contribution in [0.3, 0.4) is 0 Å². The van der Waals surface area contributed by atoms with Crippen LogP contribution in [0, 0.1) is 16.0 Å². The molecule has 3 amide bonds. The Kier molecular flexibility index (Phi) is 5.49. The number of nitro groups is 1. The maximum atomic E-state index is 13.9. The number of ketones is 1. The quantitative estimate of drug-likeness (QED) is 0.224. The lowest BCUT2D eigenvalue weighted by Crippen LogP contribution is -2.37. The van der Waals surface area contributed by atoms with Crippen molar-refractivity contribution in [1.82, 2.24) is 9.80 Å². The summed E-state index contributed by atoms with van der Waals surface area (Å²) in [4.78, 5) is 55.1. The Hall–Kier alpha value is -3.85. The molecule has 4 atom stereocenters. The van der Waals surface area contributed by atoms with Crippen molar-refractivity contribution in [3.63, 3.8) is 0 Å². The fraction of sp³-hybridized carbons (Fsp3) is 0.240. The van der Waals surface area contributed by atoms with Gasteiger partial charge in [-0.2, -0.15) is 0 Å². The zero-order valence-corrected chi connectivity index (χ0v) is 19.1. The summed E-state index contributed by atoms with van der Waals surface area (Å²) in [7, 11) is 0. The zero-order valence-electron chi connectivity index (χ0n) is 18.2. The molecule has 5 rings (SSSR count). The second-order valence-electron chi connectivity index (χ2n) is 8.31. The van der Waals surface area contributed by atoms with Crippen molar-refractivity contribution >= 4 is 34.7 Å². The van der Waals surface area contributed by atoms with Crippen LogP contribution in [0.1, 0.15) is 39.7 Å². The monoisotopic (exact) mass is 475 g/mol. The number of likely N-dealkylation sites (N-methyl/N-ethyl adjacent to an activating group) is 1. The molecule has 3 aromatic rings. The van der Waals surface area contributed by atoms with Crippen LogP contribution in [0.4, 0.5) is 10.5 Å². The number of carbonyl (C=O) groups excluding carboxylic acids is 3. The number of non-ortho nitro benzene ring substituents is 1. The minimum atomic E-state index is -0.862. The molecule has 0 saturated carbocycles. The molecule has 2 aliphatic rings. The van der Waals surface area contributed by atoms with E-state index < -0.39 is 34.9 Å². The number of carbonyl (C=O) groups is 3. The van der Waals surface area contributed by atoms with Gasteiger partial charge in [0.15, 0.2) is 5.78 Å². The number of amides is 3. The van der Waals surface area contributed by atoms with Crippen LogP contribution in [-0.2, 0) is 4.79 Å². The first kappa shape index (κ1) is 22.0. The number of Topliss-reactive ketones (excluding diaryl/α,β-unsaturated/α-hetero) is 1. The SMILES string of the molecule is CCN1C(=O)C2C(c3ccc([N+](=O)[O-])cc3)C(C(=O)c3ccccc3)C(c3cccs3)N2C1=O. The maximum absolute atomic E-state index is 13.9. The molecule has 172 valence electrons. The number of rotatable bonds is 6. The zero-order chi connectivity index (χ0) is 24.0. The van der Waals surface area contributed by atoms with Crippen LogP contribution in [0.2, 0.25) is 0 Å². The fourth-order valence-electron chi connectivity index (χ4n) is 5.19. The van der Waals surface area contributed by atoms with E-state index in [0.29, 0.717) is 11.1 Å². The molecule has 2 saturated heterocycles. The van der Waals surface area contributed by atoms with Crippen LogP contribution in [0.5, 0.6) is 0 Å². The number of imide groups is 1. The van der Waals surface area contributed by atoms with Gasteiger partial charge in [-0.05, 0) is 23.9 Å². The van der Waals surface area contributed by atoms with Gasteiger partial charge >= 0.3 is 6.03 Å². The smallest absolute Gasteiger partial charge is 0.303 e. The van der Waals surface area contributed by atoms with Crippen LogP contribution in [-0.4, -0.2) is 45.0 Å². The first-order chi connectivity index (χ1) is 16.4. The number of nitrogens with zero attached hydrogens (tertiary/aromatic N) is 3. The summed E-state index contributed by atoms with van der Waals surface area (Å²) in [6, 6.07) is 16.6. The van der Waals surface area contributed by atoms with Gasteiger partial charge in [-0.25, -0.2) is 4.79 Å². The predicted octanol–water partition coefficient (Wildman–Crippen LogP) is 4.65. The van der Waals surface area contributed by atoms with Gasteiger partial charge in [0.2, 0.25) is 0 Å². The Morgan fingerprint density at radius 1 is 1.00 bits per heavy atom. The highest BCUT2D eigenvalue weighted by atomic mass is 32.1. The van der Waals surface area contributed by atoms with E-state index in [1.165, 1.54) is 28.4 Å². The lowest BCUT2D eigenvalue weighted by Gasteiger charge is -2.27. The molecular weight excluding hydrogens is 454 g/mol. The van der Waals surface area contributed by atoms with Crippen molar-refractivity contribution in [3.8, 4) is 0 Å². The van der Waals surface area contributed by atoms with Crippen molar-refractivity contribution in [2.45, 2.75) is 24.9 Å². The van der Waals surface area contributed by atoms with E-state index in [1.807, 2.05) is 23.6 Å². The Balaban J connectivity index is 1.70. The first-order valence-electron chi connectivity index (χ1n) is 10.9. The van der Waals surface area contributed by atoms with E-state index >= 15 is 0 Å². The molecule has 9 heteroatoms. The standard InChI is InChI=1S/C25H21N3O5S/c1-2-26-24(30)22-19(15-10-12-17(13-11-15)28(32)33)20(23(29)16-7-4-3-5-8-16)21(27(22)25(26)31)18-9-6-14-34-18/h3-14,19-22H,2H2,1H3. The van der Waals surface area contributed by atoms with E-state index in [0.717, 1.165) is 4.88 Å². The summed E-state index contributed by atoms with van der Waals surface area (Å²) in [5.74, 6) is -1.88. The molecule has 0 N–H and O–H groups in total. The lowest BCUT2D eigenvalue weighted by atomic mass is 9.77. The molecule has 0 aliphatic carbocycles. The van der Waals surface area contributed by atoms with Gasteiger partial charge in [0.05, 0.1) is 16.9 Å². The van der Waals surface area contributed by atoms with Gasteiger partial charge in [0, 0.05) is 35.0 Å². The van der Waals surface area contributed by atoms with E-state index in [9.17, 15) is 24.5 Å². The summed E-state index contributed by atoms with van der Waals surface area (Å²) in [6.45, 7) is 1.97. The van der Waals surface area contributed by atoms with E-state index in [-0.39, 0.29) is 23.9 Å². The summed E-state index contributed by atoms with van der Waals surface area (Å²) < 4.78 is 0. The number of hydrogen-bond acceptors (Lipinski definition) is 6. The van der Waals surface area contributed by atoms with Gasteiger partial charge < -0.3 is 4.90 Å². The van der Waals surface area contributed by atoms with E-state index in [1.54, 1.807) is 48.2 Å². The molecule has 2 aromatic carbocycles. The van der Waals surface area contributed by atoms with E-state index in [2.05, 4.69) is 0 Å². The molecule has 2 aliphatic heterocycles. The fourth-order valence-corrected chi connectivity index (χ4v) is 6.06. The van der Waals surface area contributed by atoms with Crippen molar-refractivity contribution in [3.05, 3.63) is 98.2 Å². The van der Waals surface area contributed by atoms with Gasteiger partial charge in [-0.3, -0.25) is 24.6 Å². The number of benzene rings is 2. The average Bonchev–Trinajstić information content (AvgIpc) is 3.55. The van der Waals surface area contributed by atoms with Crippen molar-refractivity contribution in [1.29, 1.82) is 0 Å². The summed E-state index contributed by atoms with van der Waals surface area (Å²) in [5.41, 5.74) is 1.03. The number of nitro benzene ring substituents is 1. The number of fused-ring (bicyclic) bond motifs is 1. The van der Waals surface area contributed by atoms with Gasteiger partial charge in [0.1, 0.15) is 6.04 Å². The highest BCUT2D eigenvalue weighted by Gasteiger charge is 2.63. The third-order valence-corrected chi connectivity index (χ3v) is 7.58. The third-order valence-electron chi connectivity index (χ3n) is 6.64. The van der Waals surface area contributed by atoms with Gasteiger partial charge in [-0.1, -0.05) is 48.5 Å². The highest BCUT2D eigenvalue weighted by Crippen LogP contribution is 2.54. The maximum Gasteiger partial charge on any atom is 0.328 e. The number of thiophene rings is 1. The predicted molar refractivity (Wildman–Crippen MR) is 126 cm³/mol. The Morgan fingerprint density at radius 2 is 1.71 bits per heavy atom. The second-order valence-corrected chi connectivity index (χ2v) is 9.29. The topological polar surface area (TPSA) is 101 Å². The van der Waals surface area contributed by atoms with Crippen molar-refractivity contribution in [2.24, 2.45) is 5.92 Å². The van der Waals surface area contributed by atoms with E-state index in [4.69, 9.17) is 0 Å². The van der Waals surface area contributed by atoms with Gasteiger partial charge in [0.25, 0.3) is 11.6 Å². The Labute approximate surface area is 199 Å². The minimum absolute atomic E-state index is 0.0802. The molecule has 1 aromatic heterocycles. The molecule has 3 heterocycles. The molecular formula is C25H21N3O5S. The minimum Gasteiger partial charge on any atom is -0.303 e. The third kappa shape index (κ3) is 3.31. The Morgan fingerprint density at radius 3 is 2.29 bits per heavy atom. The highest BCUT2D eigenvalue weighted by molar-refractivity contribution is 7.10. The summed E-state index contributed by atoms with van der Waals surface area (Å²) >= 11 is 1.44. The largest absolute Gasteiger partial charge is 0.328 e. The average molecular weight is 476 g/mol. The number of urea groups is 1. The molecule has 4 unspecified atom stereocenters. The molecule has 2 fully saturated rings. The van der Waals surface area contributed by atoms with Crippen LogP contribution < -0.4 is 0 Å². The second kappa shape index (κ2) is 8.49. The van der Waals surface area contributed by atoms with Crippen LogP contribution in [0.15, 0.2) is 72.1 Å². The van der Waals surface area contributed by atoms with Crippen molar-refractivity contribution < 1.29 is 19.3 Å². The summed E-state index contributed by atoms with van der Waals surface area (Å²) in [6.07, 6.45) is 0. The molecule has 0 radical (unpaired) electrons. The van der Waals surface area contributed by atoms with Crippen molar-refractivity contribution in [2.75, 3.05) is 6.54 Å². The lowest BCUT2D eigenvalue weighted by molar-refractivity contribution is -0.384. The van der Waals surface area contributed by atoms with Gasteiger partial charge in [-0.15, -0.1) is 11.3 Å². The molecule has 0 bridgehead atoms. The normalized spacial score (nSPS) is 23.9. The van der Waals surface area contributed by atoms with Crippen LogP contribution >= 0.6 is 11.3 Å². The molecule has 0 spiro atoms. The molecule has 8 nitrogen and oxygen atoms in total. The number of hydrogen-bond donors (Lipinski definition) is 0. The summed E-state index contributed by atoms with van der Waals surface area (Å²) in [5, 5.41) is 13.1. The van der Waals surface area contributed by atoms with Crippen LogP contribution in [0.25, 0.3) is 0 Å². The first-order valence-corrected chi connectivity index (χ1v) is 11.8.